The third kappa shape index (κ3) is 12.1. The standard InChI is InChI=1S/C21H27N2.C10H12O.C5H10O2.ClH.Ru.H2/c1-14-9-16(3)20(17(4)10-14)22-7-8-23(13-22)21-18(5)11-15(2)12-19(21)6;1-8(2)11-10-7-5-4-6-9(10)3;1-5(2,3)4(6)7;;;/h9-13H,7-8H2,1-6H3;3-8H,1-2H3;1-3H3,(H,6,7);1H;;1H/q;;;;+2;/p-2. The Bertz CT molecular complexity index is 1250. The number of carbonyl (C=O) groups excluding carboxylic acids is 2. The van der Waals surface area contributed by atoms with Crippen LogP contribution in [0, 0.1) is 60.2 Å². The number of anilines is 2. The van der Waals surface area contributed by atoms with Gasteiger partial charge in [0.2, 0.25) is 5.78 Å². The fraction of sp³-hybridized carbons (Fsp3) is 0.417. The SMILES string of the molecule is CC(C)(C)C(=O)[O-].Cc1cc(C)c(N2[CH]N(c3c(C)cc(C)cc3C)CC2)c(C)c1.[CH-]=C1C=CC=CC1=[O+]C(C)C.[Cl-].[HH].[Ru+2]. The molecule has 4 rings (SSSR count). The fourth-order valence-electron chi connectivity index (χ4n) is 4.93. The number of carboxylic acids is 1. The first-order chi connectivity index (χ1) is 19.0. The zero-order chi connectivity index (χ0) is 31.1. The van der Waals surface area contributed by atoms with Gasteiger partial charge in [-0.05, 0) is 69.9 Å². The molecule has 0 spiro atoms. The van der Waals surface area contributed by atoms with Gasteiger partial charge in [0, 0.05) is 51.1 Å². The van der Waals surface area contributed by atoms with Crippen LogP contribution in [0.4, 0.5) is 11.4 Å². The number of hydrogen-bond donors (Lipinski definition) is 0. The molecule has 0 saturated carbocycles. The van der Waals surface area contributed by atoms with Gasteiger partial charge >= 0.3 is 19.5 Å². The van der Waals surface area contributed by atoms with E-state index in [1.807, 2.05) is 38.2 Å². The smallest absolute Gasteiger partial charge is 1.00 e. The van der Waals surface area contributed by atoms with E-state index in [-0.39, 0.29) is 39.4 Å². The van der Waals surface area contributed by atoms with Crippen molar-refractivity contribution in [3.63, 3.8) is 0 Å². The Morgan fingerprint density at radius 1 is 0.837 bits per heavy atom. The van der Waals surface area contributed by atoms with Crippen molar-refractivity contribution in [1.29, 1.82) is 0 Å². The Morgan fingerprint density at radius 2 is 1.19 bits per heavy atom. The van der Waals surface area contributed by atoms with Crippen molar-refractivity contribution in [3.05, 3.63) is 101 Å². The van der Waals surface area contributed by atoms with Crippen LogP contribution in [0.1, 0.15) is 69.4 Å². The van der Waals surface area contributed by atoms with Crippen molar-refractivity contribution >= 4 is 23.1 Å². The van der Waals surface area contributed by atoms with Gasteiger partial charge in [-0.1, -0.05) is 67.8 Å². The topological polar surface area (TPSA) is 57.9 Å². The summed E-state index contributed by atoms with van der Waals surface area (Å²) in [5, 5.41) is 9.91. The number of benzene rings is 2. The maximum atomic E-state index is 9.91. The van der Waals surface area contributed by atoms with E-state index in [1.54, 1.807) is 20.8 Å². The number of hydrogen-bond acceptors (Lipinski definition) is 4. The molecule has 1 radical (unpaired) electrons. The van der Waals surface area contributed by atoms with E-state index in [4.69, 9.17) is 11.0 Å². The van der Waals surface area contributed by atoms with Crippen LogP contribution < -0.4 is 27.3 Å². The molecule has 7 heteroatoms. The summed E-state index contributed by atoms with van der Waals surface area (Å²) in [6.45, 7) is 32.0. The molecule has 2 aromatic carbocycles. The Morgan fingerprint density at radius 3 is 1.49 bits per heavy atom. The van der Waals surface area contributed by atoms with E-state index in [1.165, 1.54) is 44.8 Å². The van der Waals surface area contributed by atoms with Crippen molar-refractivity contribution < 1.29 is 47.6 Å². The largest absolute Gasteiger partial charge is 2.00 e. The van der Waals surface area contributed by atoms with Crippen LogP contribution in [0.2, 0.25) is 0 Å². The average molecular weight is 695 g/mol. The van der Waals surface area contributed by atoms with Crippen molar-refractivity contribution in [3.8, 4) is 0 Å². The van der Waals surface area contributed by atoms with Gasteiger partial charge in [0.1, 0.15) is 6.67 Å². The molecule has 0 aromatic heterocycles. The first-order valence-corrected chi connectivity index (χ1v) is 14.3. The predicted octanol–water partition coefficient (Wildman–Crippen LogP) is 4.00. The van der Waals surface area contributed by atoms with Gasteiger partial charge in [0.05, 0.1) is 0 Å². The summed E-state index contributed by atoms with van der Waals surface area (Å²) in [4.78, 5) is 14.7. The molecule has 43 heavy (non-hydrogen) atoms. The van der Waals surface area contributed by atoms with Gasteiger partial charge in [-0.3, -0.25) is 0 Å². The van der Waals surface area contributed by atoms with Gasteiger partial charge in [-0.2, -0.15) is 6.08 Å². The maximum absolute atomic E-state index is 9.91. The van der Waals surface area contributed by atoms with Gasteiger partial charge < -0.3 is 36.5 Å². The third-order valence-electron chi connectivity index (χ3n) is 6.60. The molecule has 0 unspecified atom stereocenters. The predicted molar refractivity (Wildman–Crippen MR) is 173 cm³/mol. The Balaban J connectivity index is 0. The summed E-state index contributed by atoms with van der Waals surface area (Å²) in [5.41, 5.74) is 10.8. The fourth-order valence-corrected chi connectivity index (χ4v) is 4.93. The number of aliphatic carboxylic acids is 1. The van der Waals surface area contributed by atoms with Crippen LogP contribution in [-0.4, -0.2) is 30.9 Å². The van der Waals surface area contributed by atoms with Gasteiger partial charge in [-0.25, -0.2) is 6.58 Å². The molecule has 0 atom stereocenters. The number of nitrogens with zero attached hydrogens (tertiary/aromatic N) is 2. The summed E-state index contributed by atoms with van der Waals surface area (Å²) < 4.78 is 5.42. The molecule has 1 fully saturated rings. The Kier molecular flexibility index (Phi) is 16.5. The van der Waals surface area contributed by atoms with Crippen LogP contribution in [-0.2, 0) is 28.7 Å². The molecular formula is C36H50ClN2O3Ru. The Labute approximate surface area is 281 Å². The van der Waals surface area contributed by atoms with Crippen LogP contribution in [0.3, 0.4) is 0 Å². The average Bonchev–Trinajstić information content (AvgIpc) is 3.28. The second-order valence-electron chi connectivity index (χ2n) is 12.2. The van der Waals surface area contributed by atoms with E-state index in [9.17, 15) is 9.90 Å². The molecule has 1 aliphatic heterocycles. The van der Waals surface area contributed by atoms with Crippen molar-refractivity contribution in [2.75, 3.05) is 22.9 Å². The molecule has 5 nitrogen and oxygen atoms in total. The van der Waals surface area contributed by atoms with Crippen LogP contribution in [0.5, 0.6) is 0 Å². The number of ketones is 1. The number of carboxylic acid groups (broad SMARTS) is 1. The molecule has 237 valence electrons. The van der Waals surface area contributed by atoms with Crippen LogP contribution in [0.25, 0.3) is 0 Å². The van der Waals surface area contributed by atoms with Crippen molar-refractivity contribution in [1.82, 2.24) is 0 Å². The molecule has 0 bridgehead atoms. The van der Waals surface area contributed by atoms with Gasteiger partial charge in [-0.15, -0.1) is 6.08 Å². The number of allylic oxidation sites excluding steroid dienone is 5. The van der Waals surface area contributed by atoms with E-state index in [2.05, 4.69) is 82.3 Å². The van der Waals surface area contributed by atoms with Crippen molar-refractivity contribution in [2.45, 2.75) is 82.3 Å². The van der Waals surface area contributed by atoms with E-state index in [0.717, 1.165) is 18.9 Å². The van der Waals surface area contributed by atoms with Gasteiger partial charge in [0.15, 0.2) is 0 Å². The monoisotopic (exact) mass is 695 g/mol. The second-order valence-corrected chi connectivity index (χ2v) is 12.2. The summed E-state index contributed by atoms with van der Waals surface area (Å²) in [6, 6.07) is 9.12. The van der Waals surface area contributed by atoms with Crippen molar-refractivity contribution in [2.24, 2.45) is 5.41 Å². The van der Waals surface area contributed by atoms with E-state index >= 15 is 0 Å². The number of aryl methyl sites for hydroxylation is 6. The summed E-state index contributed by atoms with van der Waals surface area (Å²) in [7, 11) is 0. The molecule has 0 amide bonds. The zero-order valence-corrected chi connectivity index (χ0v) is 30.1. The summed E-state index contributed by atoms with van der Waals surface area (Å²) in [6.07, 6.45) is 7.68. The van der Waals surface area contributed by atoms with E-state index < -0.39 is 11.4 Å². The minimum atomic E-state index is -1.01. The minimum absolute atomic E-state index is 0. The first-order valence-electron chi connectivity index (χ1n) is 14.3. The van der Waals surface area contributed by atoms with Crippen LogP contribution in [0.15, 0.2) is 54.1 Å². The van der Waals surface area contributed by atoms with Crippen LogP contribution >= 0.6 is 0 Å². The first kappa shape index (κ1) is 40.3. The third-order valence-corrected chi connectivity index (χ3v) is 6.60. The Hall–Kier alpha value is -2.69. The van der Waals surface area contributed by atoms with E-state index in [0.29, 0.717) is 5.57 Å². The molecule has 1 heterocycles. The molecule has 1 saturated heterocycles. The molecular weight excluding hydrogens is 645 g/mol. The minimum Gasteiger partial charge on any atom is -1.00 e. The molecule has 2 aliphatic rings. The molecule has 1 aliphatic carbocycles. The normalized spacial score (nSPS) is 14.9. The molecule has 0 N–H and O–H groups in total. The number of rotatable bonds is 3. The summed E-state index contributed by atoms with van der Waals surface area (Å²) >= 11 is 0. The maximum Gasteiger partial charge on any atom is 2.00 e. The number of carbonyl (C=O) groups is 1. The zero-order valence-electron chi connectivity index (χ0n) is 27.6. The second kappa shape index (κ2) is 17.6. The molecule has 2 aromatic rings. The number of halogens is 1. The van der Waals surface area contributed by atoms with Gasteiger partial charge in [0.25, 0.3) is 6.10 Å². The quantitative estimate of drug-likeness (QED) is 0.211. The summed E-state index contributed by atoms with van der Waals surface area (Å²) in [5.74, 6) is -0.241.